The van der Waals surface area contributed by atoms with E-state index in [0.29, 0.717) is 0 Å². The lowest BCUT2D eigenvalue weighted by atomic mass is 10.2. The molecule has 16 heavy (non-hydrogen) atoms. The van der Waals surface area contributed by atoms with Gasteiger partial charge in [0.25, 0.3) is 0 Å². The molecule has 0 unspecified atom stereocenters. The normalized spacial score (nSPS) is 10.1. The molecular weight excluding hydrogens is 200 g/mol. The predicted molar refractivity (Wildman–Crippen MR) is 64.0 cm³/mol. The molecule has 82 valence electrons. The minimum absolute atomic E-state index is 0.842. The molecule has 0 bridgehead atoms. The van der Waals surface area contributed by atoms with Crippen LogP contribution in [0, 0.1) is 0 Å². The van der Waals surface area contributed by atoms with Crippen LogP contribution >= 0.6 is 0 Å². The number of nitrogens with one attached hydrogen (secondary N) is 1. The summed E-state index contributed by atoms with van der Waals surface area (Å²) in [6.45, 7) is 3.03. The van der Waals surface area contributed by atoms with Crippen molar-refractivity contribution in [2.24, 2.45) is 0 Å². The van der Waals surface area contributed by atoms with Crippen LogP contribution in [-0.2, 0) is 0 Å². The van der Waals surface area contributed by atoms with E-state index in [0.717, 1.165) is 30.2 Å². The molecule has 2 heterocycles. The number of hydrogen-bond acceptors (Lipinski definition) is 4. The summed E-state index contributed by atoms with van der Waals surface area (Å²) in [6.07, 6.45) is 4.39. The van der Waals surface area contributed by atoms with Gasteiger partial charge in [0.05, 0.1) is 11.4 Å². The van der Waals surface area contributed by atoms with E-state index in [-0.39, 0.29) is 0 Å². The SMILES string of the molecule is CCCNc1cc(-c2ccccn2)ncn1. The summed E-state index contributed by atoms with van der Waals surface area (Å²) in [5, 5.41) is 3.23. The summed E-state index contributed by atoms with van der Waals surface area (Å²) in [5.41, 5.74) is 1.71. The molecule has 0 aliphatic heterocycles. The summed E-state index contributed by atoms with van der Waals surface area (Å²) in [6, 6.07) is 7.69. The zero-order valence-electron chi connectivity index (χ0n) is 9.22. The maximum atomic E-state index is 4.25. The number of rotatable bonds is 4. The predicted octanol–water partition coefficient (Wildman–Crippen LogP) is 2.36. The third kappa shape index (κ3) is 2.53. The highest BCUT2D eigenvalue weighted by molar-refractivity contribution is 5.57. The second-order valence-corrected chi connectivity index (χ2v) is 3.43. The maximum absolute atomic E-state index is 4.25. The highest BCUT2D eigenvalue weighted by atomic mass is 15.0. The Morgan fingerprint density at radius 1 is 1.12 bits per heavy atom. The Bertz CT molecular complexity index is 442. The van der Waals surface area contributed by atoms with Gasteiger partial charge in [-0.15, -0.1) is 0 Å². The standard InChI is InChI=1S/C12H14N4/c1-2-6-14-12-8-11(15-9-16-12)10-5-3-4-7-13-10/h3-5,7-9H,2,6H2,1H3,(H,14,15,16). The third-order valence-corrected chi connectivity index (χ3v) is 2.15. The molecule has 0 radical (unpaired) electrons. The molecule has 0 aliphatic carbocycles. The number of hydrogen-bond donors (Lipinski definition) is 1. The van der Waals surface area contributed by atoms with E-state index < -0.39 is 0 Å². The average Bonchev–Trinajstić information content (AvgIpc) is 2.38. The molecule has 2 rings (SSSR count). The lowest BCUT2D eigenvalue weighted by Gasteiger charge is -2.04. The van der Waals surface area contributed by atoms with Gasteiger partial charge >= 0.3 is 0 Å². The van der Waals surface area contributed by atoms with Gasteiger partial charge in [0.15, 0.2) is 0 Å². The largest absolute Gasteiger partial charge is 0.370 e. The summed E-state index contributed by atoms with van der Waals surface area (Å²) in [5.74, 6) is 0.845. The van der Waals surface area contributed by atoms with E-state index in [1.807, 2.05) is 24.3 Å². The molecule has 2 aromatic rings. The molecule has 0 aliphatic rings. The molecule has 2 aromatic heterocycles. The van der Waals surface area contributed by atoms with E-state index in [2.05, 4.69) is 27.2 Å². The zero-order chi connectivity index (χ0) is 11.2. The Kier molecular flexibility index (Phi) is 3.43. The monoisotopic (exact) mass is 214 g/mol. The minimum Gasteiger partial charge on any atom is -0.370 e. The van der Waals surface area contributed by atoms with Crippen LogP contribution in [0.5, 0.6) is 0 Å². The molecule has 1 N–H and O–H groups in total. The van der Waals surface area contributed by atoms with Gasteiger partial charge < -0.3 is 5.32 Å². The number of aromatic nitrogens is 3. The minimum atomic E-state index is 0.842. The first-order chi connectivity index (χ1) is 7.90. The Balaban J connectivity index is 2.22. The van der Waals surface area contributed by atoms with E-state index in [1.165, 1.54) is 0 Å². The van der Waals surface area contributed by atoms with Crippen LogP contribution in [0.25, 0.3) is 11.4 Å². The Morgan fingerprint density at radius 3 is 2.81 bits per heavy atom. The van der Waals surface area contributed by atoms with E-state index in [1.54, 1.807) is 12.5 Å². The third-order valence-electron chi connectivity index (χ3n) is 2.15. The maximum Gasteiger partial charge on any atom is 0.130 e. The highest BCUT2D eigenvalue weighted by Crippen LogP contribution is 2.15. The van der Waals surface area contributed by atoms with Gasteiger partial charge in [-0.05, 0) is 18.6 Å². The van der Waals surface area contributed by atoms with Crippen LogP contribution in [0.1, 0.15) is 13.3 Å². The first kappa shape index (κ1) is 10.5. The van der Waals surface area contributed by atoms with E-state index in [9.17, 15) is 0 Å². The van der Waals surface area contributed by atoms with Crippen LogP contribution < -0.4 is 5.32 Å². The summed E-state index contributed by atoms with van der Waals surface area (Å²) < 4.78 is 0. The van der Waals surface area contributed by atoms with Crippen molar-refractivity contribution in [2.75, 3.05) is 11.9 Å². The molecule has 0 saturated carbocycles. The zero-order valence-corrected chi connectivity index (χ0v) is 9.22. The van der Waals surface area contributed by atoms with Crippen molar-refractivity contribution in [2.45, 2.75) is 13.3 Å². The molecule has 0 amide bonds. The molecule has 0 atom stereocenters. The Morgan fingerprint density at radius 2 is 2.06 bits per heavy atom. The molecule has 0 saturated heterocycles. The van der Waals surface area contributed by atoms with E-state index in [4.69, 9.17) is 0 Å². The van der Waals surface area contributed by atoms with E-state index >= 15 is 0 Å². The molecule has 4 nitrogen and oxygen atoms in total. The van der Waals surface area contributed by atoms with Crippen molar-refractivity contribution in [1.29, 1.82) is 0 Å². The molecule has 0 fully saturated rings. The van der Waals surface area contributed by atoms with Gasteiger partial charge in [0.2, 0.25) is 0 Å². The van der Waals surface area contributed by atoms with Crippen LogP contribution in [0.15, 0.2) is 36.8 Å². The lowest BCUT2D eigenvalue weighted by Crippen LogP contribution is -2.02. The van der Waals surface area contributed by atoms with Crippen molar-refractivity contribution < 1.29 is 0 Å². The fourth-order valence-corrected chi connectivity index (χ4v) is 1.36. The van der Waals surface area contributed by atoms with Crippen molar-refractivity contribution in [1.82, 2.24) is 15.0 Å². The summed E-state index contributed by atoms with van der Waals surface area (Å²) >= 11 is 0. The molecular formula is C12H14N4. The lowest BCUT2D eigenvalue weighted by molar-refractivity contribution is 0.965. The molecule has 0 aromatic carbocycles. The van der Waals surface area contributed by atoms with Crippen molar-refractivity contribution >= 4 is 5.82 Å². The van der Waals surface area contributed by atoms with Crippen molar-refractivity contribution in [3.8, 4) is 11.4 Å². The van der Waals surface area contributed by atoms with Crippen LogP contribution in [-0.4, -0.2) is 21.5 Å². The first-order valence-corrected chi connectivity index (χ1v) is 5.37. The van der Waals surface area contributed by atoms with Gasteiger partial charge in [-0.25, -0.2) is 9.97 Å². The number of pyridine rings is 1. The van der Waals surface area contributed by atoms with Gasteiger partial charge in [0, 0.05) is 18.8 Å². The van der Waals surface area contributed by atoms with Gasteiger partial charge in [-0.2, -0.15) is 0 Å². The van der Waals surface area contributed by atoms with Gasteiger partial charge in [-0.1, -0.05) is 13.0 Å². The average molecular weight is 214 g/mol. The summed E-state index contributed by atoms with van der Waals surface area (Å²) in [7, 11) is 0. The first-order valence-electron chi connectivity index (χ1n) is 5.37. The second kappa shape index (κ2) is 5.21. The molecule has 4 heteroatoms. The van der Waals surface area contributed by atoms with Crippen LogP contribution in [0.2, 0.25) is 0 Å². The van der Waals surface area contributed by atoms with Crippen molar-refractivity contribution in [3.63, 3.8) is 0 Å². The fourth-order valence-electron chi connectivity index (χ4n) is 1.36. The van der Waals surface area contributed by atoms with Crippen LogP contribution in [0.3, 0.4) is 0 Å². The number of nitrogens with zero attached hydrogens (tertiary/aromatic N) is 3. The smallest absolute Gasteiger partial charge is 0.130 e. The Labute approximate surface area is 94.8 Å². The highest BCUT2D eigenvalue weighted by Gasteiger charge is 2.01. The second-order valence-electron chi connectivity index (χ2n) is 3.43. The fraction of sp³-hybridized carbons (Fsp3) is 0.250. The quantitative estimate of drug-likeness (QED) is 0.848. The van der Waals surface area contributed by atoms with Gasteiger partial charge in [-0.3, -0.25) is 4.98 Å². The van der Waals surface area contributed by atoms with Crippen LogP contribution in [0.4, 0.5) is 5.82 Å². The van der Waals surface area contributed by atoms with Gasteiger partial charge in [0.1, 0.15) is 12.1 Å². The Hall–Kier alpha value is -1.97. The van der Waals surface area contributed by atoms with Crippen molar-refractivity contribution in [3.05, 3.63) is 36.8 Å². The topological polar surface area (TPSA) is 50.7 Å². The summed E-state index contributed by atoms with van der Waals surface area (Å²) in [4.78, 5) is 12.6. The molecule has 0 spiro atoms. The number of anilines is 1.